The van der Waals surface area contributed by atoms with Gasteiger partial charge in [-0.2, -0.15) is 5.10 Å². The number of rotatable bonds is 5. The number of nitrogens with zero attached hydrogens (tertiary/aromatic N) is 2. The standard InChI is InChI=1S/C18H25N3/c1-18(2,3)16-6-4-14(5-7-16)12-21-13-15(11-20-21)10-19-17-8-9-17/h4-7,11,13,17,19H,8-10,12H2,1-3H3. The van der Waals surface area contributed by atoms with Crippen LogP contribution in [0.5, 0.6) is 0 Å². The SMILES string of the molecule is CC(C)(C)c1ccc(Cn2cc(CNC3CC3)cn2)cc1. The molecule has 0 atom stereocenters. The maximum absolute atomic E-state index is 4.46. The highest BCUT2D eigenvalue weighted by atomic mass is 15.3. The lowest BCUT2D eigenvalue weighted by molar-refractivity contribution is 0.589. The normalized spacial score (nSPS) is 15.4. The van der Waals surface area contributed by atoms with Crippen LogP contribution in [0.25, 0.3) is 0 Å². The molecule has 0 spiro atoms. The third-order valence-electron chi connectivity index (χ3n) is 4.02. The van der Waals surface area contributed by atoms with Gasteiger partial charge in [-0.25, -0.2) is 0 Å². The Morgan fingerprint density at radius 3 is 2.48 bits per heavy atom. The first kappa shape index (κ1) is 14.3. The van der Waals surface area contributed by atoms with Gasteiger partial charge < -0.3 is 5.32 Å². The summed E-state index contributed by atoms with van der Waals surface area (Å²) in [6, 6.07) is 9.63. The van der Waals surface area contributed by atoms with Crippen molar-refractivity contribution < 1.29 is 0 Å². The van der Waals surface area contributed by atoms with Gasteiger partial charge in [0.2, 0.25) is 0 Å². The van der Waals surface area contributed by atoms with Crippen molar-refractivity contribution in [2.24, 2.45) is 0 Å². The first-order chi connectivity index (χ1) is 10.0. The highest BCUT2D eigenvalue weighted by Crippen LogP contribution is 2.22. The van der Waals surface area contributed by atoms with Crippen LogP contribution in [0.4, 0.5) is 0 Å². The summed E-state index contributed by atoms with van der Waals surface area (Å²) in [5, 5.41) is 7.98. The van der Waals surface area contributed by atoms with Crippen LogP contribution in [-0.4, -0.2) is 15.8 Å². The fraction of sp³-hybridized carbons (Fsp3) is 0.500. The van der Waals surface area contributed by atoms with Gasteiger partial charge in [0.25, 0.3) is 0 Å². The third kappa shape index (κ3) is 3.94. The van der Waals surface area contributed by atoms with Gasteiger partial charge in [-0.15, -0.1) is 0 Å². The minimum atomic E-state index is 0.214. The second-order valence-electron chi connectivity index (χ2n) is 7.15. The van der Waals surface area contributed by atoms with Crippen molar-refractivity contribution >= 4 is 0 Å². The molecule has 0 bridgehead atoms. The predicted molar refractivity (Wildman–Crippen MR) is 86.3 cm³/mol. The van der Waals surface area contributed by atoms with Crippen LogP contribution in [-0.2, 0) is 18.5 Å². The maximum atomic E-state index is 4.46. The lowest BCUT2D eigenvalue weighted by Gasteiger charge is -2.19. The lowest BCUT2D eigenvalue weighted by Crippen LogP contribution is -2.14. The molecule has 21 heavy (non-hydrogen) atoms. The maximum Gasteiger partial charge on any atom is 0.0659 e. The van der Waals surface area contributed by atoms with Gasteiger partial charge >= 0.3 is 0 Å². The molecule has 1 aromatic heterocycles. The van der Waals surface area contributed by atoms with Crippen LogP contribution >= 0.6 is 0 Å². The van der Waals surface area contributed by atoms with Crippen molar-refractivity contribution in [1.29, 1.82) is 0 Å². The highest BCUT2D eigenvalue weighted by Gasteiger charge is 2.20. The van der Waals surface area contributed by atoms with Crippen molar-refractivity contribution in [1.82, 2.24) is 15.1 Å². The molecule has 1 aliphatic carbocycles. The van der Waals surface area contributed by atoms with E-state index in [9.17, 15) is 0 Å². The second kappa shape index (κ2) is 5.64. The van der Waals surface area contributed by atoms with E-state index in [-0.39, 0.29) is 5.41 Å². The average molecular weight is 283 g/mol. The van der Waals surface area contributed by atoms with Crippen molar-refractivity contribution in [3.63, 3.8) is 0 Å². The number of hydrogen-bond acceptors (Lipinski definition) is 2. The van der Waals surface area contributed by atoms with Crippen molar-refractivity contribution in [2.45, 2.75) is 58.2 Å². The van der Waals surface area contributed by atoms with E-state index in [2.05, 4.69) is 61.6 Å². The predicted octanol–water partition coefficient (Wildman–Crippen LogP) is 3.48. The molecule has 1 heterocycles. The quantitative estimate of drug-likeness (QED) is 0.910. The van der Waals surface area contributed by atoms with E-state index in [0.717, 1.165) is 19.1 Å². The number of nitrogens with one attached hydrogen (secondary N) is 1. The summed E-state index contributed by atoms with van der Waals surface area (Å²) in [5.74, 6) is 0. The zero-order chi connectivity index (χ0) is 14.9. The Labute approximate surface area is 127 Å². The summed E-state index contributed by atoms with van der Waals surface area (Å²) in [6.07, 6.45) is 6.77. The van der Waals surface area contributed by atoms with Gasteiger partial charge in [-0.3, -0.25) is 4.68 Å². The van der Waals surface area contributed by atoms with E-state index in [1.54, 1.807) is 0 Å². The highest BCUT2D eigenvalue weighted by molar-refractivity contribution is 5.27. The van der Waals surface area contributed by atoms with Gasteiger partial charge in [-0.05, 0) is 29.4 Å². The van der Waals surface area contributed by atoms with Crippen molar-refractivity contribution in [3.8, 4) is 0 Å². The van der Waals surface area contributed by atoms with Crippen LogP contribution in [0.2, 0.25) is 0 Å². The monoisotopic (exact) mass is 283 g/mol. The van der Waals surface area contributed by atoms with Crippen molar-refractivity contribution in [3.05, 3.63) is 53.3 Å². The fourth-order valence-corrected chi connectivity index (χ4v) is 2.43. The molecule has 0 aliphatic heterocycles. The number of benzene rings is 1. The molecule has 3 heteroatoms. The Kier molecular flexibility index (Phi) is 3.85. The Bertz CT molecular complexity index is 586. The van der Waals surface area contributed by atoms with Crippen LogP contribution in [0.1, 0.15) is 50.3 Å². The Balaban J connectivity index is 1.60. The largest absolute Gasteiger partial charge is 0.310 e. The van der Waals surface area contributed by atoms with Gasteiger partial charge in [0.05, 0.1) is 12.7 Å². The van der Waals surface area contributed by atoms with Gasteiger partial charge in [-0.1, -0.05) is 45.0 Å². The summed E-state index contributed by atoms with van der Waals surface area (Å²) in [5.41, 5.74) is 4.16. The molecule has 0 amide bonds. The van der Waals surface area contributed by atoms with E-state index < -0.39 is 0 Å². The molecule has 112 valence electrons. The summed E-state index contributed by atoms with van der Waals surface area (Å²) in [7, 11) is 0. The van der Waals surface area contributed by atoms with Crippen molar-refractivity contribution in [2.75, 3.05) is 0 Å². The minimum Gasteiger partial charge on any atom is -0.310 e. The molecular weight excluding hydrogens is 258 g/mol. The molecule has 3 rings (SSSR count). The van der Waals surface area contributed by atoms with Crippen LogP contribution in [0, 0.1) is 0 Å². The zero-order valence-corrected chi connectivity index (χ0v) is 13.3. The average Bonchev–Trinajstić information content (AvgIpc) is 3.16. The Hall–Kier alpha value is -1.61. The van der Waals surface area contributed by atoms with E-state index in [4.69, 9.17) is 0 Å². The molecule has 1 fully saturated rings. The van der Waals surface area contributed by atoms with Gasteiger partial charge in [0, 0.05) is 24.3 Å². The van der Waals surface area contributed by atoms with E-state index in [0.29, 0.717) is 0 Å². The number of aromatic nitrogens is 2. The molecular formula is C18H25N3. The molecule has 1 saturated carbocycles. The zero-order valence-electron chi connectivity index (χ0n) is 13.3. The first-order valence-electron chi connectivity index (χ1n) is 7.85. The minimum absolute atomic E-state index is 0.214. The fourth-order valence-electron chi connectivity index (χ4n) is 2.43. The van der Waals surface area contributed by atoms with E-state index in [1.165, 1.54) is 29.5 Å². The van der Waals surface area contributed by atoms with Crippen LogP contribution < -0.4 is 5.32 Å². The summed E-state index contributed by atoms with van der Waals surface area (Å²) >= 11 is 0. The summed E-state index contributed by atoms with van der Waals surface area (Å²) < 4.78 is 2.02. The third-order valence-corrected chi connectivity index (χ3v) is 4.02. The molecule has 0 radical (unpaired) electrons. The molecule has 0 unspecified atom stereocenters. The molecule has 0 saturated heterocycles. The molecule has 1 N–H and O–H groups in total. The Morgan fingerprint density at radius 2 is 1.86 bits per heavy atom. The molecule has 3 nitrogen and oxygen atoms in total. The molecule has 1 aliphatic rings. The molecule has 2 aromatic rings. The molecule has 1 aromatic carbocycles. The topological polar surface area (TPSA) is 29.9 Å². The smallest absolute Gasteiger partial charge is 0.0659 e. The van der Waals surface area contributed by atoms with Gasteiger partial charge in [0.1, 0.15) is 0 Å². The van der Waals surface area contributed by atoms with E-state index in [1.807, 2.05) is 10.9 Å². The first-order valence-corrected chi connectivity index (χ1v) is 7.85. The summed E-state index contributed by atoms with van der Waals surface area (Å²) in [6.45, 7) is 8.51. The van der Waals surface area contributed by atoms with Gasteiger partial charge in [0.15, 0.2) is 0 Å². The lowest BCUT2D eigenvalue weighted by atomic mass is 9.87. The number of hydrogen-bond donors (Lipinski definition) is 1. The van der Waals surface area contributed by atoms with Crippen LogP contribution in [0.15, 0.2) is 36.7 Å². The van der Waals surface area contributed by atoms with Crippen LogP contribution in [0.3, 0.4) is 0 Å². The van der Waals surface area contributed by atoms with E-state index >= 15 is 0 Å². The summed E-state index contributed by atoms with van der Waals surface area (Å²) in [4.78, 5) is 0. The Morgan fingerprint density at radius 1 is 1.14 bits per heavy atom. The second-order valence-corrected chi connectivity index (χ2v) is 7.15.